The summed E-state index contributed by atoms with van der Waals surface area (Å²) in [6, 6.07) is 9.54. The zero-order chi connectivity index (χ0) is 18.4. The normalized spacial score (nSPS) is 11.8. The van der Waals surface area contributed by atoms with Crippen LogP contribution in [-0.2, 0) is 20.1 Å². The lowest BCUT2D eigenvalue weighted by molar-refractivity contribution is 0.504. The smallest absolute Gasteiger partial charge is 0.284 e. The van der Waals surface area contributed by atoms with Gasteiger partial charge in [0.1, 0.15) is 15.9 Å². The van der Waals surface area contributed by atoms with Gasteiger partial charge in [-0.3, -0.25) is 13.9 Å². The minimum atomic E-state index is -0.271. The Morgan fingerprint density at radius 1 is 1.12 bits per heavy atom. The van der Waals surface area contributed by atoms with E-state index in [-0.39, 0.29) is 11.2 Å². The van der Waals surface area contributed by atoms with Crippen molar-refractivity contribution in [2.75, 3.05) is 0 Å². The van der Waals surface area contributed by atoms with Gasteiger partial charge in [-0.2, -0.15) is 15.0 Å². The molecular weight excluding hydrogens is 350 g/mol. The van der Waals surface area contributed by atoms with Gasteiger partial charge in [0.15, 0.2) is 0 Å². The van der Waals surface area contributed by atoms with E-state index in [9.17, 15) is 9.59 Å². The minimum Gasteiger partial charge on any atom is -0.284 e. The van der Waals surface area contributed by atoms with Crippen LogP contribution in [0.5, 0.6) is 0 Å². The maximum atomic E-state index is 12.5. The number of hydrogen-bond acceptors (Lipinski definition) is 5. The van der Waals surface area contributed by atoms with Crippen LogP contribution in [0, 0.1) is 5.92 Å². The van der Waals surface area contributed by atoms with Crippen LogP contribution in [0.4, 0.5) is 0 Å². The predicted molar refractivity (Wildman–Crippen MR) is 103 cm³/mol. The summed E-state index contributed by atoms with van der Waals surface area (Å²) in [4.78, 5) is 28.3. The molecule has 4 rings (SSSR count). The molecule has 26 heavy (non-hydrogen) atoms. The monoisotopic (exact) mass is 369 g/mol. The highest BCUT2D eigenvalue weighted by molar-refractivity contribution is 7.18. The Bertz CT molecular complexity index is 1200. The van der Waals surface area contributed by atoms with Crippen molar-refractivity contribution >= 4 is 32.6 Å². The Balaban J connectivity index is 1.83. The summed E-state index contributed by atoms with van der Waals surface area (Å²) in [5.41, 5.74) is 1.14. The number of nitrogens with zero attached hydrogens (tertiary/aromatic N) is 5. The zero-order valence-corrected chi connectivity index (χ0v) is 15.7. The molecule has 0 saturated carbocycles. The van der Waals surface area contributed by atoms with E-state index in [0.29, 0.717) is 24.4 Å². The van der Waals surface area contributed by atoms with Crippen molar-refractivity contribution in [3.05, 3.63) is 56.0 Å². The van der Waals surface area contributed by atoms with Crippen LogP contribution in [0.2, 0.25) is 0 Å². The van der Waals surface area contributed by atoms with Crippen LogP contribution < -0.4 is 11.2 Å². The molecule has 1 aromatic carbocycles. The van der Waals surface area contributed by atoms with Crippen LogP contribution in [-0.4, -0.2) is 24.1 Å². The summed E-state index contributed by atoms with van der Waals surface area (Å²) in [5, 5.41) is 9.51. The summed E-state index contributed by atoms with van der Waals surface area (Å²) >= 11 is 1.46. The third kappa shape index (κ3) is 2.76. The number of fused-ring (bicyclic) bond motifs is 2. The maximum Gasteiger partial charge on any atom is 0.331 e. The second kappa shape index (κ2) is 6.21. The molecule has 0 aliphatic rings. The molecule has 0 amide bonds. The van der Waals surface area contributed by atoms with Gasteiger partial charge in [0, 0.05) is 18.5 Å². The third-order valence-electron chi connectivity index (χ3n) is 4.23. The summed E-state index contributed by atoms with van der Waals surface area (Å²) in [5.74, 6) is 0.303. The molecule has 8 heteroatoms. The van der Waals surface area contributed by atoms with E-state index in [1.165, 1.54) is 23.0 Å². The van der Waals surface area contributed by atoms with E-state index in [1.54, 1.807) is 9.36 Å². The van der Waals surface area contributed by atoms with Gasteiger partial charge in [0.2, 0.25) is 0 Å². The molecule has 134 valence electrons. The Morgan fingerprint density at radius 2 is 1.77 bits per heavy atom. The summed E-state index contributed by atoms with van der Waals surface area (Å²) in [7, 11) is 1.53. The Hall–Kier alpha value is -2.74. The van der Waals surface area contributed by atoms with E-state index in [1.807, 2.05) is 30.3 Å². The van der Waals surface area contributed by atoms with E-state index in [2.05, 4.69) is 24.0 Å². The van der Waals surface area contributed by atoms with Crippen LogP contribution in [0.1, 0.15) is 18.7 Å². The van der Waals surface area contributed by atoms with E-state index >= 15 is 0 Å². The minimum absolute atomic E-state index is 0.258. The van der Waals surface area contributed by atoms with Gasteiger partial charge in [-0.05, 0) is 24.1 Å². The molecule has 0 unspecified atom stereocenters. The SMILES string of the molecule is CC(C)Cn1c(=O)n(C)c(=O)c2cc(Cn3nc4ccccc4n3)sc21. The molecule has 0 atom stereocenters. The van der Waals surface area contributed by atoms with Gasteiger partial charge in [-0.1, -0.05) is 26.0 Å². The first-order valence-corrected chi connectivity index (χ1v) is 9.28. The van der Waals surface area contributed by atoms with Crippen LogP contribution in [0.15, 0.2) is 39.9 Å². The van der Waals surface area contributed by atoms with Gasteiger partial charge in [0.25, 0.3) is 5.56 Å². The van der Waals surface area contributed by atoms with Crippen molar-refractivity contribution in [1.82, 2.24) is 24.1 Å². The standard InChI is InChI=1S/C18H19N5O2S/c1-11(2)9-22-17-13(16(24)21(3)18(22)25)8-12(26-17)10-23-19-14-6-4-5-7-15(14)20-23/h4-8,11H,9-10H2,1-3H3. The fourth-order valence-corrected chi connectivity index (χ4v) is 4.16. The number of rotatable bonds is 4. The van der Waals surface area contributed by atoms with Gasteiger partial charge in [0.05, 0.1) is 11.9 Å². The summed E-state index contributed by atoms with van der Waals surface area (Å²) < 4.78 is 2.88. The number of benzene rings is 1. The number of aromatic nitrogens is 5. The molecule has 0 aliphatic heterocycles. The summed E-state index contributed by atoms with van der Waals surface area (Å²) in [6.45, 7) is 5.15. The summed E-state index contributed by atoms with van der Waals surface area (Å²) in [6.07, 6.45) is 0. The number of hydrogen-bond donors (Lipinski definition) is 0. The van der Waals surface area contributed by atoms with Crippen molar-refractivity contribution in [1.29, 1.82) is 0 Å². The van der Waals surface area contributed by atoms with Gasteiger partial charge in [-0.15, -0.1) is 11.3 Å². The topological polar surface area (TPSA) is 74.7 Å². The Kier molecular flexibility index (Phi) is 3.99. The first-order chi connectivity index (χ1) is 12.4. The lowest BCUT2D eigenvalue weighted by Crippen LogP contribution is -2.38. The van der Waals surface area contributed by atoms with Crippen LogP contribution >= 0.6 is 11.3 Å². The van der Waals surface area contributed by atoms with Gasteiger partial charge >= 0.3 is 5.69 Å². The van der Waals surface area contributed by atoms with Gasteiger partial charge < -0.3 is 0 Å². The highest BCUT2D eigenvalue weighted by atomic mass is 32.1. The molecule has 0 saturated heterocycles. The second-order valence-corrected chi connectivity index (χ2v) is 7.92. The first-order valence-electron chi connectivity index (χ1n) is 8.46. The highest BCUT2D eigenvalue weighted by Crippen LogP contribution is 2.23. The van der Waals surface area contributed by atoms with Crippen LogP contribution in [0.3, 0.4) is 0 Å². The lowest BCUT2D eigenvalue weighted by atomic mass is 10.2. The molecule has 3 aromatic heterocycles. The fourth-order valence-electron chi connectivity index (χ4n) is 3.04. The van der Waals surface area contributed by atoms with E-state index < -0.39 is 0 Å². The van der Waals surface area contributed by atoms with Crippen molar-refractivity contribution in [2.45, 2.75) is 26.9 Å². The van der Waals surface area contributed by atoms with Crippen molar-refractivity contribution in [2.24, 2.45) is 13.0 Å². The maximum absolute atomic E-state index is 12.5. The molecule has 0 aliphatic carbocycles. The molecular formula is C18H19N5O2S. The average Bonchev–Trinajstić information content (AvgIpc) is 3.20. The van der Waals surface area contributed by atoms with Gasteiger partial charge in [-0.25, -0.2) is 4.79 Å². The lowest BCUT2D eigenvalue weighted by Gasteiger charge is -2.11. The second-order valence-electron chi connectivity index (χ2n) is 6.80. The molecule has 4 aromatic rings. The van der Waals surface area contributed by atoms with E-state index in [0.717, 1.165) is 20.7 Å². The highest BCUT2D eigenvalue weighted by Gasteiger charge is 2.16. The molecule has 0 bridgehead atoms. The fraction of sp³-hybridized carbons (Fsp3) is 0.333. The molecule has 3 heterocycles. The largest absolute Gasteiger partial charge is 0.331 e. The van der Waals surface area contributed by atoms with Crippen molar-refractivity contribution < 1.29 is 0 Å². The Labute approximate surface area is 153 Å². The predicted octanol–water partition coefficient (Wildman–Crippen LogP) is 2.21. The molecule has 7 nitrogen and oxygen atoms in total. The van der Waals surface area contributed by atoms with Crippen molar-refractivity contribution in [3.63, 3.8) is 0 Å². The quantitative estimate of drug-likeness (QED) is 0.553. The third-order valence-corrected chi connectivity index (χ3v) is 5.38. The molecule has 0 fully saturated rings. The molecule has 0 N–H and O–H groups in total. The number of thiophene rings is 1. The van der Waals surface area contributed by atoms with Crippen LogP contribution in [0.25, 0.3) is 21.3 Å². The molecule has 0 spiro atoms. The Morgan fingerprint density at radius 3 is 2.38 bits per heavy atom. The first kappa shape index (κ1) is 16.7. The zero-order valence-electron chi connectivity index (χ0n) is 14.8. The van der Waals surface area contributed by atoms with E-state index in [4.69, 9.17) is 0 Å². The molecule has 0 radical (unpaired) electrons. The van der Waals surface area contributed by atoms with Crippen molar-refractivity contribution in [3.8, 4) is 0 Å². The average molecular weight is 369 g/mol.